The first-order valence-corrected chi connectivity index (χ1v) is 6.41. The van der Waals surface area contributed by atoms with Crippen molar-refractivity contribution in [2.24, 2.45) is 0 Å². The van der Waals surface area contributed by atoms with Crippen molar-refractivity contribution >= 4 is 29.1 Å². The summed E-state index contributed by atoms with van der Waals surface area (Å²) in [6.07, 6.45) is 3.48. The van der Waals surface area contributed by atoms with Crippen molar-refractivity contribution in [3.63, 3.8) is 0 Å². The van der Waals surface area contributed by atoms with E-state index in [2.05, 4.69) is 15.3 Å². The quantitative estimate of drug-likeness (QED) is 0.944. The van der Waals surface area contributed by atoms with Gasteiger partial charge in [0.05, 0.1) is 12.4 Å². The number of nitrogens with one attached hydrogen (secondary N) is 1. The van der Waals surface area contributed by atoms with Crippen LogP contribution in [-0.4, -0.2) is 22.4 Å². The Morgan fingerprint density at radius 3 is 2.58 bits per heavy atom. The highest BCUT2D eigenvalue weighted by atomic mass is 35.5. The number of amides is 1. The Hall–Kier alpha value is -1.65. The molecule has 0 spiro atoms. The molecule has 1 amide bonds. The molecule has 0 unspecified atom stereocenters. The summed E-state index contributed by atoms with van der Waals surface area (Å²) in [5.41, 5.74) is 1.31. The molecule has 98 valence electrons. The van der Waals surface area contributed by atoms with Crippen LogP contribution in [0.15, 0.2) is 36.7 Å². The standard InChI is InChI=1S/C13H11Cl2N3O/c14-10-3-1-9(2-4-10)5-6-17-13(19)11-7-16-8-12(15)18-11/h1-4,7-8H,5-6H2,(H,17,19). The normalized spacial score (nSPS) is 10.2. The fraction of sp³-hybridized carbons (Fsp3) is 0.154. The number of carbonyl (C=O) groups is 1. The summed E-state index contributed by atoms with van der Waals surface area (Å²) in [4.78, 5) is 19.4. The lowest BCUT2D eigenvalue weighted by molar-refractivity contribution is 0.0949. The van der Waals surface area contributed by atoms with Crippen LogP contribution in [0.5, 0.6) is 0 Å². The highest BCUT2D eigenvalue weighted by Crippen LogP contribution is 2.09. The molecule has 0 saturated heterocycles. The lowest BCUT2D eigenvalue weighted by Gasteiger charge is -2.05. The van der Waals surface area contributed by atoms with Crippen LogP contribution in [-0.2, 0) is 6.42 Å². The maximum atomic E-state index is 11.7. The number of hydrogen-bond acceptors (Lipinski definition) is 3. The van der Waals surface area contributed by atoms with Crippen molar-refractivity contribution in [2.75, 3.05) is 6.54 Å². The minimum absolute atomic E-state index is 0.199. The Morgan fingerprint density at radius 2 is 1.89 bits per heavy atom. The van der Waals surface area contributed by atoms with Crippen LogP contribution in [0.2, 0.25) is 10.2 Å². The number of rotatable bonds is 4. The van der Waals surface area contributed by atoms with Crippen molar-refractivity contribution in [3.8, 4) is 0 Å². The van der Waals surface area contributed by atoms with E-state index in [9.17, 15) is 4.79 Å². The number of carbonyl (C=O) groups excluding carboxylic acids is 1. The SMILES string of the molecule is O=C(NCCc1ccc(Cl)cc1)c1cncc(Cl)n1. The third-order valence-corrected chi connectivity index (χ3v) is 2.88. The Bertz CT molecular complexity index is 572. The molecule has 2 aromatic rings. The van der Waals surface area contributed by atoms with Crippen LogP contribution in [0.4, 0.5) is 0 Å². The minimum atomic E-state index is -0.288. The summed E-state index contributed by atoms with van der Waals surface area (Å²) in [6.45, 7) is 0.509. The molecule has 4 nitrogen and oxygen atoms in total. The zero-order valence-electron chi connectivity index (χ0n) is 9.94. The fourth-order valence-corrected chi connectivity index (χ4v) is 1.79. The van der Waals surface area contributed by atoms with E-state index in [0.29, 0.717) is 11.6 Å². The van der Waals surface area contributed by atoms with Crippen molar-refractivity contribution in [1.29, 1.82) is 0 Å². The molecule has 0 fully saturated rings. The van der Waals surface area contributed by atoms with Gasteiger partial charge in [-0.05, 0) is 24.1 Å². The molecule has 6 heteroatoms. The lowest BCUT2D eigenvalue weighted by Crippen LogP contribution is -2.26. The third-order valence-electron chi connectivity index (χ3n) is 2.45. The highest BCUT2D eigenvalue weighted by molar-refractivity contribution is 6.30. The van der Waals surface area contributed by atoms with Gasteiger partial charge in [-0.2, -0.15) is 0 Å². The largest absolute Gasteiger partial charge is 0.350 e. The number of hydrogen-bond donors (Lipinski definition) is 1. The molecule has 2 rings (SSSR count). The molecule has 0 saturated carbocycles. The van der Waals surface area contributed by atoms with Crippen molar-refractivity contribution in [1.82, 2.24) is 15.3 Å². The average Bonchev–Trinajstić information content (AvgIpc) is 2.41. The highest BCUT2D eigenvalue weighted by Gasteiger charge is 2.07. The van der Waals surface area contributed by atoms with Crippen LogP contribution in [0.1, 0.15) is 16.1 Å². The zero-order valence-corrected chi connectivity index (χ0v) is 11.4. The molecule has 0 aliphatic rings. The maximum absolute atomic E-state index is 11.7. The number of benzene rings is 1. The van der Waals surface area contributed by atoms with Gasteiger partial charge in [0.15, 0.2) is 0 Å². The van der Waals surface area contributed by atoms with Crippen molar-refractivity contribution in [2.45, 2.75) is 6.42 Å². The van der Waals surface area contributed by atoms with Gasteiger partial charge in [-0.3, -0.25) is 9.78 Å². The van der Waals surface area contributed by atoms with Crippen molar-refractivity contribution < 1.29 is 4.79 Å². The van der Waals surface area contributed by atoms with E-state index < -0.39 is 0 Å². The molecule has 0 aliphatic heterocycles. The summed E-state index contributed by atoms with van der Waals surface area (Å²) >= 11 is 11.5. The maximum Gasteiger partial charge on any atom is 0.271 e. The van der Waals surface area contributed by atoms with E-state index in [0.717, 1.165) is 12.0 Å². The van der Waals surface area contributed by atoms with Gasteiger partial charge < -0.3 is 5.32 Å². The van der Waals surface area contributed by atoms with Crippen LogP contribution in [0, 0.1) is 0 Å². The lowest BCUT2D eigenvalue weighted by atomic mass is 10.1. The molecule has 1 aromatic heterocycles. The Kier molecular flexibility index (Phi) is 4.71. The first-order valence-electron chi connectivity index (χ1n) is 5.65. The molecular formula is C13H11Cl2N3O. The molecular weight excluding hydrogens is 285 g/mol. The van der Waals surface area contributed by atoms with E-state index in [1.165, 1.54) is 12.4 Å². The molecule has 19 heavy (non-hydrogen) atoms. The van der Waals surface area contributed by atoms with Gasteiger partial charge in [0.1, 0.15) is 10.8 Å². The summed E-state index contributed by atoms with van der Waals surface area (Å²) in [5.74, 6) is -0.288. The predicted molar refractivity (Wildman–Crippen MR) is 74.5 cm³/mol. The summed E-state index contributed by atoms with van der Waals surface area (Å²) in [7, 11) is 0. The molecule has 1 aromatic carbocycles. The smallest absolute Gasteiger partial charge is 0.271 e. The summed E-state index contributed by atoms with van der Waals surface area (Å²) < 4.78 is 0. The van der Waals surface area contributed by atoms with Gasteiger partial charge in [-0.1, -0.05) is 35.3 Å². The summed E-state index contributed by atoms with van der Waals surface area (Å²) in [5, 5.41) is 3.65. The van der Waals surface area contributed by atoms with Gasteiger partial charge in [0, 0.05) is 11.6 Å². The minimum Gasteiger partial charge on any atom is -0.350 e. The van der Waals surface area contributed by atoms with E-state index >= 15 is 0 Å². The average molecular weight is 296 g/mol. The van der Waals surface area contributed by atoms with Gasteiger partial charge in [0.25, 0.3) is 5.91 Å². The second-order valence-corrected chi connectivity index (χ2v) is 4.68. The zero-order chi connectivity index (χ0) is 13.7. The van der Waals surface area contributed by atoms with E-state index in [-0.39, 0.29) is 16.8 Å². The molecule has 1 heterocycles. The second-order valence-electron chi connectivity index (χ2n) is 3.86. The second kappa shape index (κ2) is 6.50. The van der Waals surface area contributed by atoms with Crippen LogP contribution in [0.25, 0.3) is 0 Å². The molecule has 0 atom stereocenters. The van der Waals surface area contributed by atoms with Gasteiger partial charge in [-0.25, -0.2) is 4.98 Å². The monoisotopic (exact) mass is 295 g/mol. The first-order chi connectivity index (χ1) is 9.15. The van der Waals surface area contributed by atoms with Crippen LogP contribution < -0.4 is 5.32 Å². The van der Waals surface area contributed by atoms with E-state index in [1.807, 2.05) is 24.3 Å². The predicted octanol–water partition coefficient (Wildman–Crippen LogP) is 2.76. The molecule has 0 radical (unpaired) electrons. The summed E-state index contributed by atoms with van der Waals surface area (Å²) in [6, 6.07) is 7.49. The van der Waals surface area contributed by atoms with Gasteiger partial charge in [0.2, 0.25) is 0 Å². The Balaban J connectivity index is 1.86. The molecule has 0 bridgehead atoms. The Labute approximate surface area is 120 Å². The van der Waals surface area contributed by atoms with Crippen molar-refractivity contribution in [3.05, 3.63) is 58.1 Å². The van der Waals surface area contributed by atoms with E-state index in [4.69, 9.17) is 23.2 Å². The fourth-order valence-electron chi connectivity index (χ4n) is 1.51. The number of halogens is 2. The molecule has 1 N–H and O–H groups in total. The van der Waals surface area contributed by atoms with Gasteiger partial charge >= 0.3 is 0 Å². The third kappa shape index (κ3) is 4.19. The Morgan fingerprint density at radius 1 is 1.16 bits per heavy atom. The van der Waals surface area contributed by atoms with Crippen LogP contribution >= 0.6 is 23.2 Å². The molecule has 0 aliphatic carbocycles. The first kappa shape index (κ1) is 13.8. The number of nitrogens with zero attached hydrogens (tertiary/aromatic N) is 2. The number of aromatic nitrogens is 2. The van der Waals surface area contributed by atoms with E-state index in [1.54, 1.807) is 0 Å². The van der Waals surface area contributed by atoms with Crippen LogP contribution in [0.3, 0.4) is 0 Å². The van der Waals surface area contributed by atoms with Gasteiger partial charge in [-0.15, -0.1) is 0 Å². The topological polar surface area (TPSA) is 54.9 Å².